The van der Waals surface area contributed by atoms with Crippen molar-refractivity contribution in [3.05, 3.63) is 27.8 Å². The molecule has 112 valence electrons. The number of hydrogen-bond donors (Lipinski definition) is 3. The Bertz CT molecular complexity index is 461. The zero-order valence-corrected chi connectivity index (χ0v) is 13.0. The van der Waals surface area contributed by atoms with Gasteiger partial charge in [0, 0.05) is 42.8 Å². The van der Waals surface area contributed by atoms with Crippen molar-refractivity contribution in [1.82, 2.24) is 10.2 Å². The van der Waals surface area contributed by atoms with Crippen LogP contribution in [0.3, 0.4) is 0 Å². The van der Waals surface area contributed by atoms with Crippen molar-refractivity contribution >= 4 is 11.6 Å². The number of rotatable bonds is 3. The van der Waals surface area contributed by atoms with Crippen molar-refractivity contribution in [3.8, 4) is 5.75 Å². The number of aryl methyl sites for hydroxylation is 1. The van der Waals surface area contributed by atoms with Gasteiger partial charge >= 0.3 is 0 Å². The summed E-state index contributed by atoms with van der Waals surface area (Å²) in [7, 11) is 0. The molecule has 3 N–H and O–H groups in total. The maximum absolute atomic E-state index is 10.7. The first kappa shape index (κ1) is 15.6. The van der Waals surface area contributed by atoms with Crippen LogP contribution in [0.4, 0.5) is 0 Å². The van der Waals surface area contributed by atoms with Crippen LogP contribution < -0.4 is 5.32 Å². The van der Waals surface area contributed by atoms with Gasteiger partial charge in [-0.25, -0.2) is 0 Å². The molecule has 0 bridgehead atoms. The molecule has 1 aromatic rings. The second-order valence-electron chi connectivity index (χ2n) is 5.53. The highest BCUT2D eigenvalue weighted by Gasteiger charge is 2.28. The summed E-state index contributed by atoms with van der Waals surface area (Å²) in [6.45, 7) is 9.28. The van der Waals surface area contributed by atoms with E-state index in [1.807, 2.05) is 13.8 Å². The fourth-order valence-electron chi connectivity index (χ4n) is 2.78. The fraction of sp³-hybridized carbons (Fsp3) is 0.600. The lowest BCUT2D eigenvalue weighted by Crippen LogP contribution is -2.49. The van der Waals surface area contributed by atoms with Crippen LogP contribution in [0, 0.1) is 13.8 Å². The molecule has 1 saturated heterocycles. The lowest BCUT2D eigenvalue weighted by Gasteiger charge is -2.36. The molecule has 0 radical (unpaired) electrons. The number of halogens is 1. The number of phenols is 1. The highest BCUT2D eigenvalue weighted by Crippen LogP contribution is 2.37. The van der Waals surface area contributed by atoms with Crippen molar-refractivity contribution in [2.24, 2.45) is 0 Å². The molecule has 20 heavy (non-hydrogen) atoms. The van der Waals surface area contributed by atoms with Gasteiger partial charge < -0.3 is 15.5 Å². The number of piperazine rings is 1. The first-order valence-electron chi connectivity index (χ1n) is 7.05. The molecule has 0 amide bonds. The van der Waals surface area contributed by atoms with Gasteiger partial charge in [-0.15, -0.1) is 0 Å². The number of benzene rings is 1. The van der Waals surface area contributed by atoms with Crippen LogP contribution in [-0.2, 0) is 0 Å². The van der Waals surface area contributed by atoms with E-state index in [9.17, 15) is 10.2 Å². The number of phenolic OH excluding ortho intramolecular Hbond substituents is 1. The van der Waals surface area contributed by atoms with Crippen LogP contribution in [0.1, 0.15) is 29.7 Å². The Balaban J connectivity index is 2.30. The smallest absolute Gasteiger partial charge is 0.124 e. The third kappa shape index (κ3) is 2.93. The standard InChI is InChI=1S/C15H23ClN2O2/c1-9-8-12(16)10(2)13(14(9)19)15(20)11(3)18-6-4-17-5-7-18/h8,11,15,17,19-20H,4-7H2,1-3H3. The molecule has 1 aliphatic heterocycles. The minimum atomic E-state index is -0.745. The molecule has 5 heteroatoms. The van der Waals surface area contributed by atoms with E-state index < -0.39 is 6.10 Å². The number of hydrogen-bond acceptors (Lipinski definition) is 4. The minimum Gasteiger partial charge on any atom is -0.507 e. The average molecular weight is 299 g/mol. The second kappa shape index (κ2) is 6.31. The van der Waals surface area contributed by atoms with E-state index in [0.29, 0.717) is 16.1 Å². The summed E-state index contributed by atoms with van der Waals surface area (Å²) >= 11 is 6.18. The van der Waals surface area contributed by atoms with Crippen LogP contribution in [0.15, 0.2) is 6.07 Å². The van der Waals surface area contributed by atoms with E-state index in [2.05, 4.69) is 10.2 Å². The number of nitrogens with zero attached hydrogens (tertiary/aromatic N) is 1. The average Bonchev–Trinajstić information content (AvgIpc) is 2.45. The summed E-state index contributed by atoms with van der Waals surface area (Å²) in [5.74, 6) is 0.154. The Labute approximate surface area is 125 Å². The topological polar surface area (TPSA) is 55.7 Å². The lowest BCUT2D eigenvalue weighted by molar-refractivity contribution is 0.0491. The maximum Gasteiger partial charge on any atom is 0.124 e. The Hall–Kier alpha value is -0.810. The molecular weight excluding hydrogens is 276 g/mol. The van der Waals surface area contributed by atoms with Crippen molar-refractivity contribution in [2.75, 3.05) is 26.2 Å². The third-order valence-corrected chi connectivity index (χ3v) is 4.61. The molecule has 0 spiro atoms. The SMILES string of the molecule is Cc1cc(Cl)c(C)c(C(O)C(C)N2CCNCC2)c1O. The summed E-state index contributed by atoms with van der Waals surface area (Å²) < 4.78 is 0. The first-order chi connectivity index (χ1) is 9.43. The van der Waals surface area contributed by atoms with Crippen molar-refractivity contribution in [3.63, 3.8) is 0 Å². The molecule has 2 unspecified atom stereocenters. The van der Waals surface area contributed by atoms with Gasteiger partial charge in [0.1, 0.15) is 5.75 Å². The molecule has 0 aliphatic carbocycles. The van der Waals surface area contributed by atoms with Gasteiger partial charge in [0.15, 0.2) is 0 Å². The van der Waals surface area contributed by atoms with Crippen molar-refractivity contribution < 1.29 is 10.2 Å². The predicted molar refractivity (Wildman–Crippen MR) is 81.5 cm³/mol. The van der Waals surface area contributed by atoms with E-state index in [1.165, 1.54) is 0 Å². The van der Waals surface area contributed by atoms with E-state index in [0.717, 1.165) is 31.7 Å². The molecule has 2 atom stereocenters. The normalized spacial score (nSPS) is 19.9. The molecule has 1 heterocycles. The molecule has 1 fully saturated rings. The highest BCUT2D eigenvalue weighted by atomic mass is 35.5. The van der Waals surface area contributed by atoms with Crippen LogP contribution in [-0.4, -0.2) is 47.3 Å². The van der Waals surface area contributed by atoms with Gasteiger partial charge in [0.05, 0.1) is 6.10 Å². The maximum atomic E-state index is 10.7. The molecule has 1 aromatic carbocycles. The van der Waals surface area contributed by atoms with Gasteiger partial charge in [-0.2, -0.15) is 0 Å². The van der Waals surface area contributed by atoms with Crippen LogP contribution in [0.5, 0.6) is 5.75 Å². The summed E-state index contributed by atoms with van der Waals surface area (Å²) in [4.78, 5) is 2.23. The summed E-state index contributed by atoms with van der Waals surface area (Å²) in [6, 6.07) is 1.68. The molecule has 1 aliphatic rings. The van der Waals surface area contributed by atoms with Gasteiger partial charge in [-0.1, -0.05) is 11.6 Å². The third-order valence-electron chi connectivity index (χ3n) is 4.21. The predicted octanol–water partition coefficient (Wildman–Crippen LogP) is 1.99. The van der Waals surface area contributed by atoms with Crippen LogP contribution in [0.2, 0.25) is 5.02 Å². The van der Waals surface area contributed by atoms with Gasteiger partial charge in [-0.05, 0) is 38.0 Å². The number of aliphatic hydroxyl groups is 1. The number of aromatic hydroxyl groups is 1. The van der Waals surface area contributed by atoms with Crippen molar-refractivity contribution in [1.29, 1.82) is 0 Å². The summed E-state index contributed by atoms with van der Waals surface area (Å²) in [5, 5.41) is 24.8. The number of aliphatic hydroxyl groups excluding tert-OH is 1. The number of nitrogens with one attached hydrogen (secondary N) is 1. The summed E-state index contributed by atoms with van der Waals surface area (Å²) in [5.41, 5.74) is 2.01. The lowest BCUT2D eigenvalue weighted by atomic mass is 9.94. The largest absolute Gasteiger partial charge is 0.507 e. The Kier molecular flexibility index (Phi) is 4.91. The van der Waals surface area contributed by atoms with Gasteiger partial charge in [0.2, 0.25) is 0 Å². The van der Waals surface area contributed by atoms with E-state index in [4.69, 9.17) is 11.6 Å². The zero-order chi connectivity index (χ0) is 14.9. The fourth-order valence-corrected chi connectivity index (χ4v) is 3.04. The highest BCUT2D eigenvalue weighted by molar-refractivity contribution is 6.31. The Morgan fingerprint density at radius 3 is 2.50 bits per heavy atom. The second-order valence-corrected chi connectivity index (χ2v) is 5.94. The van der Waals surface area contributed by atoms with Crippen LogP contribution in [0.25, 0.3) is 0 Å². The van der Waals surface area contributed by atoms with Gasteiger partial charge in [0.25, 0.3) is 0 Å². The van der Waals surface area contributed by atoms with E-state index >= 15 is 0 Å². The van der Waals surface area contributed by atoms with Crippen molar-refractivity contribution in [2.45, 2.75) is 32.9 Å². The Morgan fingerprint density at radius 2 is 1.90 bits per heavy atom. The molecule has 2 rings (SSSR count). The van der Waals surface area contributed by atoms with Crippen LogP contribution >= 0.6 is 11.6 Å². The molecule has 4 nitrogen and oxygen atoms in total. The Morgan fingerprint density at radius 1 is 1.30 bits per heavy atom. The van der Waals surface area contributed by atoms with E-state index in [-0.39, 0.29) is 11.8 Å². The quantitative estimate of drug-likeness (QED) is 0.799. The monoisotopic (exact) mass is 298 g/mol. The first-order valence-corrected chi connectivity index (χ1v) is 7.42. The molecule has 0 saturated carbocycles. The van der Waals surface area contributed by atoms with E-state index in [1.54, 1.807) is 13.0 Å². The zero-order valence-electron chi connectivity index (χ0n) is 12.3. The minimum absolute atomic E-state index is 0.0560. The summed E-state index contributed by atoms with van der Waals surface area (Å²) in [6.07, 6.45) is -0.745. The molecular formula is C15H23ClN2O2. The molecule has 0 aromatic heterocycles. The van der Waals surface area contributed by atoms with Gasteiger partial charge in [-0.3, -0.25) is 4.90 Å².